The topological polar surface area (TPSA) is 56.1 Å². The molecular weight excluding hydrogens is 322 g/mol. The van der Waals surface area contributed by atoms with Crippen LogP contribution in [0, 0.1) is 0 Å². The van der Waals surface area contributed by atoms with Crippen LogP contribution in [0.1, 0.15) is 61.4 Å². The third-order valence-corrected chi connectivity index (χ3v) is 5.58. The molecule has 0 amide bonds. The van der Waals surface area contributed by atoms with Crippen molar-refractivity contribution >= 4 is 15.8 Å². The number of nitrogens with zero attached hydrogens (tertiary/aromatic N) is 1. The Balaban J connectivity index is 1.95. The molecule has 0 bridgehead atoms. The van der Waals surface area contributed by atoms with Crippen LogP contribution in [0.3, 0.4) is 0 Å². The first-order valence-electron chi connectivity index (χ1n) is 8.51. The Labute approximate surface area is 144 Å². The zero-order chi connectivity index (χ0) is 17.4. The van der Waals surface area contributed by atoms with E-state index in [-0.39, 0.29) is 11.5 Å². The van der Waals surface area contributed by atoms with Gasteiger partial charge in [0.15, 0.2) is 5.78 Å². The molecule has 0 aliphatic rings. The summed E-state index contributed by atoms with van der Waals surface area (Å²) in [6, 6.07) is 10.6. The predicted molar refractivity (Wildman–Crippen MR) is 96.6 cm³/mol. The molecule has 0 saturated carbocycles. The molecule has 0 spiro atoms. The molecule has 0 atom stereocenters. The van der Waals surface area contributed by atoms with Crippen LogP contribution in [0.15, 0.2) is 48.8 Å². The van der Waals surface area contributed by atoms with Crippen LogP contribution in [-0.2, 0) is 15.8 Å². The van der Waals surface area contributed by atoms with E-state index in [2.05, 4.69) is 6.92 Å². The second kappa shape index (κ2) is 8.83. The summed E-state index contributed by atoms with van der Waals surface area (Å²) in [4.78, 5) is 12.2. The van der Waals surface area contributed by atoms with Gasteiger partial charge in [0, 0.05) is 24.4 Å². The molecule has 0 unspecified atom stereocenters. The van der Waals surface area contributed by atoms with E-state index < -0.39 is 10.0 Å². The highest BCUT2D eigenvalue weighted by molar-refractivity contribution is 7.89. The van der Waals surface area contributed by atoms with E-state index >= 15 is 0 Å². The fourth-order valence-electron chi connectivity index (χ4n) is 2.61. The molecule has 0 aliphatic carbocycles. The van der Waals surface area contributed by atoms with Gasteiger partial charge in [-0.3, -0.25) is 8.77 Å². The molecule has 0 saturated heterocycles. The minimum atomic E-state index is -3.49. The average molecular weight is 347 g/mol. The van der Waals surface area contributed by atoms with Crippen LogP contribution in [-0.4, -0.2) is 18.2 Å². The van der Waals surface area contributed by atoms with Gasteiger partial charge in [-0.2, -0.15) is 0 Å². The highest BCUT2D eigenvalue weighted by Gasteiger charge is 2.16. The second-order valence-electron chi connectivity index (χ2n) is 6.06. The molecule has 1 aromatic carbocycles. The highest BCUT2D eigenvalue weighted by Crippen LogP contribution is 2.14. The number of rotatable bonds is 10. The Kier molecular flexibility index (Phi) is 6.79. The number of hydrogen-bond acceptors (Lipinski definition) is 3. The Morgan fingerprint density at radius 3 is 2.42 bits per heavy atom. The summed E-state index contributed by atoms with van der Waals surface area (Å²) in [7, 11) is -3.49. The van der Waals surface area contributed by atoms with E-state index in [1.54, 1.807) is 18.2 Å². The van der Waals surface area contributed by atoms with Crippen molar-refractivity contribution in [3.05, 3.63) is 59.9 Å². The molecular formula is C19H25NO3S. The van der Waals surface area contributed by atoms with E-state index in [1.165, 1.54) is 25.2 Å². The monoisotopic (exact) mass is 347 g/mol. The molecule has 0 N–H and O–H groups in total. The summed E-state index contributed by atoms with van der Waals surface area (Å²) in [5.41, 5.74) is 1.21. The first-order chi connectivity index (χ1) is 11.5. The molecule has 2 rings (SSSR count). The Morgan fingerprint density at radius 1 is 1.00 bits per heavy atom. The Hall–Kier alpha value is -1.88. The fourth-order valence-corrected chi connectivity index (χ4v) is 3.89. The van der Waals surface area contributed by atoms with Gasteiger partial charge in [0.25, 0.3) is 0 Å². The normalized spacial score (nSPS) is 11.5. The number of hydrogen-bond donors (Lipinski definition) is 0. The SMILES string of the molecule is CCCCCCCC(=O)c1ccn(S(=O)(=O)Cc2ccccc2)c1. The van der Waals surface area contributed by atoms with Gasteiger partial charge in [-0.05, 0) is 18.1 Å². The van der Waals surface area contributed by atoms with Crippen molar-refractivity contribution < 1.29 is 13.2 Å². The van der Waals surface area contributed by atoms with Gasteiger partial charge in [-0.1, -0.05) is 62.9 Å². The summed E-state index contributed by atoms with van der Waals surface area (Å²) in [6.07, 6.45) is 8.81. The molecule has 5 heteroatoms. The van der Waals surface area contributed by atoms with Crippen LogP contribution in [0.2, 0.25) is 0 Å². The molecule has 0 aliphatic heterocycles. The van der Waals surface area contributed by atoms with E-state index in [0.717, 1.165) is 28.8 Å². The van der Waals surface area contributed by atoms with Crippen molar-refractivity contribution in [2.45, 2.75) is 51.2 Å². The van der Waals surface area contributed by atoms with Crippen LogP contribution < -0.4 is 0 Å². The number of unbranched alkanes of at least 4 members (excludes halogenated alkanes) is 4. The number of aromatic nitrogens is 1. The zero-order valence-electron chi connectivity index (χ0n) is 14.1. The lowest BCUT2D eigenvalue weighted by molar-refractivity contribution is 0.0979. The Bertz CT molecular complexity index is 748. The van der Waals surface area contributed by atoms with Gasteiger partial charge >= 0.3 is 0 Å². The largest absolute Gasteiger partial charge is 0.294 e. The summed E-state index contributed by atoms with van der Waals surface area (Å²) >= 11 is 0. The van der Waals surface area contributed by atoms with Crippen molar-refractivity contribution in [2.75, 3.05) is 0 Å². The summed E-state index contributed by atoms with van der Waals surface area (Å²) < 4.78 is 26.0. The van der Waals surface area contributed by atoms with Crippen LogP contribution in [0.5, 0.6) is 0 Å². The number of benzene rings is 1. The number of carbonyl (C=O) groups excluding carboxylic acids is 1. The van der Waals surface area contributed by atoms with Gasteiger partial charge in [0.2, 0.25) is 10.0 Å². The molecule has 2 aromatic rings. The molecule has 1 aromatic heterocycles. The van der Waals surface area contributed by atoms with Crippen molar-refractivity contribution in [3.63, 3.8) is 0 Å². The lowest BCUT2D eigenvalue weighted by atomic mass is 10.1. The van der Waals surface area contributed by atoms with Gasteiger partial charge in [0.05, 0.1) is 5.75 Å². The van der Waals surface area contributed by atoms with Crippen LogP contribution in [0.4, 0.5) is 0 Å². The predicted octanol–water partition coefficient (Wildman–Crippen LogP) is 4.41. The summed E-state index contributed by atoms with van der Waals surface area (Å²) in [5, 5.41) is 0. The molecule has 1 heterocycles. The second-order valence-corrected chi connectivity index (χ2v) is 7.93. The quantitative estimate of drug-likeness (QED) is 0.472. The number of ketones is 1. The van der Waals surface area contributed by atoms with Crippen LogP contribution in [0.25, 0.3) is 0 Å². The summed E-state index contributed by atoms with van der Waals surface area (Å²) in [5.74, 6) is -0.0622. The molecule has 24 heavy (non-hydrogen) atoms. The summed E-state index contributed by atoms with van der Waals surface area (Å²) in [6.45, 7) is 2.16. The fraction of sp³-hybridized carbons (Fsp3) is 0.421. The average Bonchev–Trinajstić information content (AvgIpc) is 3.06. The van der Waals surface area contributed by atoms with E-state index in [0.29, 0.717) is 12.0 Å². The van der Waals surface area contributed by atoms with E-state index in [4.69, 9.17) is 0 Å². The maximum absolute atomic E-state index is 12.4. The molecule has 130 valence electrons. The van der Waals surface area contributed by atoms with Gasteiger partial charge in [-0.15, -0.1) is 0 Å². The van der Waals surface area contributed by atoms with Crippen molar-refractivity contribution in [1.82, 2.24) is 3.97 Å². The lowest BCUT2D eigenvalue weighted by Crippen LogP contribution is -2.13. The van der Waals surface area contributed by atoms with Crippen LogP contribution >= 0.6 is 0 Å². The van der Waals surface area contributed by atoms with Crippen molar-refractivity contribution in [1.29, 1.82) is 0 Å². The van der Waals surface area contributed by atoms with Crippen molar-refractivity contribution in [2.24, 2.45) is 0 Å². The lowest BCUT2D eigenvalue weighted by Gasteiger charge is -2.05. The number of carbonyl (C=O) groups is 1. The molecule has 0 radical (unpaired) electrons. The zero-order valence-corrected chi connectivity index (χ0v) is 15.0. The first kappa shape index (κ1) is 18.5. The van der Waals surface area contributed by atoms with Gasteiger partial charge in [0.1, 0.15) is 0 Å². The maximum atomic E-state index is 12.4. The highest BCUT2D eigenvalue weighted by atomic mass is 32.2. The maximum Gasteiger partial charge on any atom is 0.242 e. The van der Waals surface area contributed by atoms with E-state index in [1.807, 2.05) is 18.2 Å². The van der Waals surface area contributed by atoms with Crippen molar-refractivity contribution in [3.8, 4) is 0 Å². The van der Waals surface area contributed by atoms with Gasteiger partial charge in [-0.25, -0.2) is 8.42 Å². The smallest absolute Gasteiger partial charge is 0.242 e. The minimum absolute atomic E-state index is 0.0140. The third-order valence-electron chi connectivity index (χ3n) is 4.01. The Morgan fingerprint density at radius 2 is 1.71 bits per heavy atom. The first-order valence-corrected chi connectivity index (χ1v) is 10.1. The third kappa shape index (κ3) is 5.34. The standard InChI is InChI=1S/C19H25NO3S/c1-2-3-4-5-9-12-19(21)18-13-14-20(15-18)24(22,23)16-17-10-7-6-8-11-17/h6-8,10-11,13-15H,2-5,9,12,16H2,1H3. The number of Topliss-reactive ketones (excluding diaryl/α,β-unsaturated/α-hetero) is 1. The molecule has 0 fully saturated rings. The minimum Gasteiger partial charge on any atom is -0.294 e. The van der Waals surface area contributed by atoms with E-state index in [9.17, 15) is 13.2 Å². The molecule has 4 nitrogen and oxygen atoms in total. The van der Waals surface area contributed by atoms with Gasteiger partial charge < -0.3 is 0 Å².